The lowest BCUT2D eigenvalue weighted by atomic mass is 10.1. The standard InChI is InChI=1S/C22H30N2O5/c1-16-8-9-19(28-2)18(12-16)24-14-17(13-20(24)25)22(27)29-15-21(26)23-10-6-4-3-5-7-11-23/h8-9,12,17H,3-7,10-11,13-15H2,1-2H3/t17-/m1/s1. The molecule has 0 aromatic heterocycles. The number of esters is 1. The van der Waals surface area contributed by atoms with E-state index in [4.69, 9.17) is 9.47 Å². The van der Waals surface area contributed by atoms with E-state index < -0.39 is 11.9 Å². The van der Waals surface area contributed by atoms with Gasteiger partial charge in [-0.1, -0.05) is 25.3 Å². The molecular weight excluding hydrogens is 372 g/mol. The van der Waals surface area contributed by atoms with Crippen molar-refractivity contribution in [1.29, 1.82) is 0 Å². The molecule has 0 radical (unpaired) electrons. The van der Waals surface area contributed by atoms with Crippen molar-refractivity contribution in [2.24, 2.45) is 5.92 Å². The van der Waals surface area contributed by atoms with E-state index in [0.717, 1.165) is 44.3 Å². The molecule has 158 valence electrons. The van der Waals surface area contributed by atoms with E-state index in [9.17, 15) is 14.4 Å². The van der Waals surface area contributed by atoms with Gasteiger partial charge in [-0.2, -0.15) is 0 Å². The molecule has 2 saturated heterocycles. The van der Waals surface area contributed by atoms with Crippen LogP contribution in [0.2, 0.25) is 0 Å². The maximum atomic E-state index is 12.5. The highest BCUT2D eigenvalue weighted by atomic mass is 16.5. The molecule has 2 aliphatic rings. The van der Waals surface area contributed by atoms with Crippen molar-refractivity contribution in [2.75, 3.05) is 38.3 Å². The summed E-state index contributed by atoms with van der Waals surface area (Å²) in [7, 11) is 1.55. The van der Waals surface area contributed by atoms with Gasteiger partial charge in [0.2, 0.25) is 5.91 Å². The van der Waals surface area contributed by atoms with Gasteiger partial charge >= 0.3 is 5.97 Å². The molecule has 0 bridgehead atoms. The molecule has 1 aromatic carbocycles. The van der Waals surface area contributed by atoms with Gasteiger partial charge < -0.3 is 19.3 Å². The Morgan fingerprint density at radius 2 is 1.79 bits per heavy atom. The van der Waals surface area contributed by atoms with E-state index >= 15 is 0 Å². The molecule has 0 spiro atoms. The van der Waals surface area contributed by atoms with Crippen molar-refractivity contribution in [3.8, 4) is 5.75 Å². The first-order chi connectivity index (χ1) is 14.0. The number of hydrogen-bond acceptors (Lipinski definition) is 5. The quantitative estimate of drug-likeness (QED) is 0.708. The molecule has 2 amide bonds. The zero-order chi connectivity index (χ0) is 20.8. The molecule has 7 nitrogen and oxygen atoms in total. The molecule has 3 rings (SSSR count). The Kier molecular flexibility index (Phi) is 7.12. The summed E-state index contributed by atoms with van der Waals surface area (Å²) < 4.78 is 10.6. The second-order valence-corrected chi connectivity index (χ2v) is 7.84. The van der Waals surface area contributed by atoms with Gasteiger partial charge in [0.25, 0.3) is 5.91 Å². The summed E-state index contributed by atoms with van der Waals surface area (Å²) in [6.45, 7) is 3.36. The van der Waals surface area contributed by atoms with Gasteiger partial charge in [-0.15, -0.1) is 0 Å². The van der Waals surface area contributed by atoms with Gasteiger partial charge in [0.1, 0.15) is 5.75 Å². The van der Waals surface area contributed by atoms with E-state index in [1.807, 2.05) is 25.1 Å². The van der Waals surface area contributed by atoms with Crippen LogP contribution in [0.5, 0.6) is 5.75 Å². The fourth-order valence-electron chi connectivity index (χ4n) is 3.95. The monoisotopic (exact) mass is 402 g/mol. The first-order valence-electron chi connectivity index (χ1n) is 10.4. The van der Waals surface area contributed by atoms with Crippen molar-refractivity contribution < 1.29 is 23.9 Å². The van der Waals surface area contributed by atoms with Gasteiger partial charge in [-0.3, -0.25) is 14.4 Å². The zero-order valence-electron chi connectivity index (χ0n) is 17.3. The minimum atomic E-state index is -0.576. The third kappa shape index (κ3) is 5.28. The van der Waals surface area contributed by atoms with Crippen molar-refractivity contribution in [2.45, 2.75) is 45.4 Å². The third-order valence-corrected chi connectivity index (χ3v) is 5.63. The Labute approximate surface area is 171 Å². The predicted octanol–water partition coefficient (Wildman–Crippen LogP) is 2.69. The highest BCUT2D eigenvalue weighted by Gasteiger charge is 2.37. The number of carbonyl (C=O) groups excluding carboxylic acids is 3. The highest BCUT2D eigenvalue weighted by molar-refractivity contribution is 6.00. The Hall–Kier alpha value is -2.57. The van der Waals surface area contributed by atoms with Crippen LogP contribution in [-0.4, -0.2) is 56.0 Å². The van der Waals surface area contributed by atoms with Crippen molar-refractivity contribution in [3.05, 3.63) is 23.8 Å². The number of anilines is 1. The largest absolute Gasteiger partial charge is 0.495 e. The Bertz CT molecular complexity index is 756. The third-order valence-electron chi connectivity index (χ3n) is 5.63. The minimum absolute atomic E-state index is 0.0772. The van der Waals surface area contributed by atoms with Crippen LogP contribution in [0.4, 0.5) is 5.69 Å². The first-order valence-corrected chi connectivity index (χ1v) is 10.4. The van der Waals surface area contributed by atoms with Crippen LogP contribution < -0.4 is 9.64 Å². The summed E-state index contributed by atoms with van der Waals surface area (Å²) in [5.41, 5.74) is 1.66. The summed E-state index contributed by atoms with van der Waals surface area (Å²) in [5, 5.41) is 0. The molecule has 2 fully saturated rings. The van der Waals surface area contributed by atoms with Crippen molar-refractivity contribution in [1.82, 2.24) is 4.90 Å². The number of methoxy groups -OCH3 is 1. The number of amides is 2. The van der Waals surface area contributed by atoms with E-state index in [1.165, 1.54) is 6.42 Å². The molecule has 2 aliphatic heterocycles. The van der Waals surface area contributed by atoms with Gasteiger partial charge in [-0.25, -0.2) is 0 Å². The van der Waals surface area contributed by atoms with Crippen molar-refractivity contribution in [3.63, 3.8) is 0 Å². The Morgan fingerprint density at radius 3 is 2.48 bits per heavy atom. The van der Waals surface area contributed by atoms with E-state index in [0.29, 0.717) is 11.4 Å². The topological polar surface area (TPSA) is 76.2 Å². The number of nitrogens with zero attached hydrogens (tertiary/aromatic N) is 2. The molecule has 29 heavy (non-hydrogen) atoms. The maximum Gasteiger partial charge on any atom is 0.311 e. The normalized spacial score (nSPS) is 20.2. The van der Waals surface area contributed by atoms with Crippen LogP contribution in [0.1, 0.15) is 44.1 Å². The number of carbonyl (C=O) groups is 3. The average Bonchev–Trinajstić information content (AvgIpc) is 3.07. The predicted molar refractivity (Wildman–Crippen MR) is 109 cm³/mol. The Morgan fingerprint density at radius 1 is 1.10 bits per heavy atom. The molecule has 1 aromatic rings. The van der Waals surface area contributed by atoms with Crippen LogP contribution in [0.25, 0.3) is 0 Å². The van der Waals surface area contributed by atoms with Gasteiger partial charge in [-0.05, 0) is 37.5 Å². The molecule has 0 aliphatic carbocycles. The van der Waals surface area contributed by atoms with Crippen LogP contribution in [-0.2, 0) is 19.1 Å². The molecule has 2 heterocycles. The van der Waals surface area contributed by atoms with Crippen molar-refractivity contribution >= 4 is 23.5 Å². The number of hydrogen-bond donors (Lipinski definition) is 0. The van der Waals surface area contributed by atoms with Crippen LogP contribution in [0, 0.1) is 12.8 Å². The van der Waals surface area contributed by atoms with Crippen LogP contribution in [0.15, 0.2) is 18.2 Å². The lowest BCUT2D eigenvalue weighted by molar-refractivity contribution is -0.155. The van der Waals surface area contributed by atoms with E-state index in [1.54, 1.807) is 16.9 Å². The first kappa shape index (κ1) is 21.1. The maximum absolute atomic E-state index is 12.5. The molecule has 7 heteroatoms. The Balaban J connectivity index is 1.56. The lowest BCUT2D eigenvalue weighted by Gasteiger charge is -2.24. The SMILES string of the molecule is COc1ccc(C)cc1N1C[C@H](C(=O)OCC(=O)N2CCCCCCC2)CC1=O. The van der Waals surface area contributed by atoms with Crippen LogP contribution in [0.3, 0.4) is 0 Å². The number of benzene rings is 1. The number of ether oxygens (including phenoxy) is 2. The second-order valence-electron chi connectivity index (χ2n) is 7.84. The van der Waals surface area contributed by atoms with E-state index in [-0.39, 0.29) is 31.4 Å². The number of aryl methyl sites for hydroxylation is 1. The molecule has 0 N–H and O–H groups in total. The number of rotatable bonds is 5. The average molecular weight is 402 g/mol. The molecule has 0 unspecified atom stereocenters. The molecular formula is C22H30N2O5. The van der Waals surface area contributed by atoms with Gasteiger partial charge in [0.05, 0.1) is 18.7 Å². The fourth-order valence-corrected chi connectivity index (χ4v) is 3.95. The van der Waals surface area contributed by atoms with Gasteiger partial charge in [0.15, 0.2) is 6.61 Å². The number of likely N-dealkylation sites (tertiary alicyclic amines) is 1. The summed E-state index contributed by atoms with van der Waals surface area (Å²) >= 11 is 0. The second kappa shape index (κ2) is 9.76. The van der Waals surface area contributed by atoms with Gasteiger partial charge in [0, 0.05) is 26.1 Å². The fraction of sp³-hybridized carbons (Fsp3) is 0.591. The zero-order valence-corrected chi connectivity index (χ0v) is 17.3. The van der Waals surface area contributed by atoms with E-state index in [2.05, 4.69) is 0 Å². The minimum Gasteiger partial charge on any atom is -0.495 e. The van der Waals surface area contributed by atoms with Crippen LogP contribution >= 0.6 is 0 Å². The smallest absolute Gasteiger partial charge is 0.311 e. The summed E-state index contributed by atoms with van der Waals surface area (Å²) in [6.07, 6.45) is 5.54. The summed E-state index contributed by atoms with van der Waals surface area (Å²) in [4.78, 5) is 40.8. The molecule has 1 atom stereocenters. The summed E-state index contributed by atoms with van der Waals surface area (Å²) in [5.74, 6) is -0.779. The lowest BCUT2D eigenvalue weighted by Crippen LogP contribution is -2.37. The molecule has 0 saturated carbocycles. The summed E-state index contributed by atoms with van der Waals surface area (Å²) in [6, 6.07) is 5.59. The highest BCUT2D eigenvalue weighted by Crippen LogP contribution is 2.34.